The van der Waals surface area contributed by atoms with Gasteiger partial charge in [-0.2, -0.15) is 5.26 Å². The van der Waals surface area contributed by atoms with Crippen molar-refractivity contribution >= 4 is 11.6 Å². The van der Waals surface area contributed by atoms with Crippen LogP contribution in [0.5, 0.6) is 0 Å². The van der Waals surface area contributed by atoms with Crippen LogP contribution in [0, 0.1) is 18.3 Å². The fourth-order valence-corrected chi connectivity index (χ4v) is 1.19. The molecule has 5 nitrogen and oxygen atoms in total. The van der Waals surface area contributed by atoms with Gasteiger partial charge >= 0.3 is 0 Å². The molecule has 2 heterocycles. The van der Waals surface area contributed by atoms with Gasteiger partial charge in [-0.15, -0.1) is 0 Å². The third-order valence-electron chi connectivity index (χ3n) is 1.95. The van der Waals surface area contributed by atoms with Crippen molar-refractivity contribution in [3.05, 3.63) is 42.0 Å². The lowest BCUT2D eigenvalue weighted by Gasteiger charge is -2.04. The fraction of sp³-hybridized carbons (Fsp3) is 0.0909. The summed E-state index contributed by atoms with van der Waals surface area (Å²) < 4.78 is 0. The van der Waals surface area contributed by atoms with E-state index < -0.39 is 0 Å². The molecule has 0 atom stereocenters. The molecule has 0 saturated carbocycles. The molecule has 2 rings (SSSR count). The van der Waals surface area contributed by atoms with Gasteiger partial charge < -0.3 is 5.32 Å². The highest BCUT2D eigenvalue weighted by Crippen LogP contribution is 2.11. The van der Waals surface area contributed by atoms with Crippen molar-refractivity contribution in [2.45, 2.75) is 6.92 Å². The SMILES string of the molecule is Cc1cc(Nc2ccc(C#N)cn2)ncn1. The van der Waals surface area contributed by atoms with Gasteiger partial charge in [0.1, 0.15) is 24.0 Å². The molecule has 0 spiro atoms. The maximum Gasteiger partial charge on any atom is 0.135 e. The average Bonchev–Trinajstić information content (AvgIpc) is 2.30. The highest BCUT2D eigenvalue weighted by atomic mass is 15.1. The molecular weight excluding hydrogens is 202 g/mol. The third kappa shape index (κ3) is 2.30. The van der Waals surface area contributed by atoms with Gasteiger partial charge in [-0.25, -0.2) is 15.0 Å². The number of pyridine rings is 1. The number of nitrogens with one attached hydrogen (secondary N) is 1. The maximum absolute atomic E-state index is 8.62. The zero-order valence-corrected chi connectivity index (χ0v) is 8.68. The van der Waals surface area contributed by atoms with Crippen molar-refractivity contribution in [1.82, 2.24) is 15.0 Å². The van der Waals surface area contributed by atoms with Gasteiger partial charge in [-0.05, 0) is 19.1 Å². The highest BCUT2D eigenvalue weighted by Gasteiger charge is 1.98. The summed E-state index contributed by atoms with van der Waals surface area (Å²) in [7, 11) is 0. The minimum atomic E-state index is 0.532. The van der Waals surface area contributed by atoms with Crippen LogP contribution in [0.15, 0.2) is 30.7 Å². The topological polar surface area (TPSA) is 74.5 Å². The molecule has 0 unspecified atom stereocenters. The Kier molecular flexibility index (Phi) is 2.74. The van der Waals surface area contributed by atoms with Crippen molar-refractivity contribution < 1.29 is 0 Å². The first kappa shape index (κ1) is 10.1. The van der Waals surface area contributed by atoms with Crippen LogP contribution in [-0.2, 0) is 0 Å². The van der Waals surface area contributed by atoms with Gasteiger partial charge in [-0.3, -0.25) is 0 Å². The molecule has 0 aliphatic rings. The van der Waals surface area contributed by atoms with Crippen molar-refractivity contribution in [2.24, 2.45) is 0 Å². The van der Waals surface area contributed by atoms with Gasteiger partial charge in [0.25, 0.3) is 0 Å². The molecule has 5 heteroatoms. The molecule has 0 saturated heterocycles. The Balaban J connectivity index is 2.18. The van der Waals surface area contributed by atoms with E-state index in [0.29, 0.717) is 17.2 Å². The van der Waals surface area contributed by atoms with Crippen molar-refractivity contribution in [3.8, 4) is 6.07 Å². The van der Waals surface area contributed by atoms with Gasteiger partial charge in [0.2, 0.25) is 0 Å². The number of aryl methyl sites for hydroxylation is 1. The summed E-state index contributed by atoms with van der Waals surface area (Å²) in [6.07, 6.45) is 3.00. The first-order valence-corrected chi connectivity index (χ1v) is 4.70. The summed E-state index contributed by atoms with van der Waals surface area (Å²) in [6.45, 7) is 1.89. The molecule has 0 aromatic carbocycles. The zero-order chi connectivity index (χ0) is 11.4. The number of hydrogen-bond acceptors (Lipinski definition) is 5. The summed E-state index contributed by atoms with van der Waals surface area (Å²) >= 11 is 0. The van der Waals surface area contributed by atoms with Gasteiger partial charge in [-0.1, -0.05) is 0 Å². The van der Waals surface area contributed by atoms with E-state index in [-0.39, 0.29) is 0 Å². The molecule has 0 aliphatic carbocycles. The monoisotopic (exact) mass is 211 g/mol. The molecule has 0 aliphatic heterocycles. The summed E-state index contributed by atoms with van der Waals surface area (Å²) in [5.41, 5.74) is 1.41. The van der Waals surface area contributed by atoms with Crippen LogP contribution in [-0.4, -0.2) is 15.0 Å². The summed E-state index contributed by atoms with van der Waals surface area (Å²) in [6, 6.07) is 7.26. The van der Waals surface area contributed by atoms with Crippen molar-refractivity contribution in [3.63, 3.8) is 0 Å². The Labute approximate surface area is 92.8 Å². The zero-order valence-electron chi connectivity index (χ0n) is 8.68. The minimum absolute atomic E-state index is 0.532. The van der Waals surface area contributed by atoms with E-state index in [0.717, 1.165) is 5.69 Å². The highest BCUT2D eigenvalue weighted by molar-refractivity contribution is 5.52. The van der Waals surface area contributed by atoms with E-state index in [1.165, 1.54) is 12.5 Å². The number of nitriles is 1. The number of nitrogens with zero attached hydrogens (tertiary/aromatic N) is 4. The van der Waals surface area contributed by atoms with E-state index in [1.54, 1.807) is 12.1 Å². The number of aromatic nitrogens is 3. The third-order valence-corrected chi connectivity index (χ3v) is 1.95. The lowest BCUT2D eigenvalue weighted by Crippen LogP contribution is -1.97. The van der Waals surface area contributed by atoms with E-state index >= 15 is 0 Å². The predicted molar refractivity (Wildman–Crippen MR) is 59.0 cm³/mol. The van der Waals surface area contributed by atoms with Crippen LogP contribution in [0.4, 0.5) is 11.6 Å². The van der Waals surface area contributed by atoms with Crippen LogP contribution in [0.1, 0.15) is 11.3 Å². The van der Waals surface area contributed by atoms with Crippen LogP contribution >= 0.6 is 0 Å². The molecule has 1 N–H and O–H groups in total. The largest absolute Gasteiger partial charge is 0.325 e. The van der Waals surface area contributed by atoms with E-state index in [9.17, 15) is 0 Å². The van der Waals surface area contributed by atoms with Gasteiger partial charge in [0.15, 0.2) is 0 Å². The second-order valence-corrected chi connectivity index (χ2v) is 3.21. The molecule has 2 aromatic rings. The molecular formula is C11H9N5. The number of hydrogen-bond donors (Lipinski definition) is 1. The number of anilines is 2. The van der Waals surface area contributed by atoms with Crippen LogP contribution in [0.3, 0.4) is 0 Å². The molecule has 16 heavy (non-hydrogen) atoms. The van der Waals surface area contributed by atoms with Crippen molar-refractivity contribution in [1.29, 1.82) is 5.26 Å². The second-order valence-electron chi connectivity index (χ2n) is 3.21. The second kappa shape index (κ2) is 4.36. The maximum atomic E-state index is 8.62. The molecule has 0 amide bonds. The molecule has 0 fully saturated rings. The fourth-order valence-electron chi connectivity index (χ4n) is 1.19. The summed E-state index contributed by atoms with van der Waals surface area (Å²) in [4.78, 5) is 12.1. The lowest BCUT2D eigenvalue weighted by molar-refractivity contribution is 1.10. The molecule has 0 bridgehead atoms. The van der Waals surface area contributed by atoms with Crippen LogP contribution < -0.4 is 5.32 Å². The van der Waals surface area contributed by atoms with Crippen LogP contribution in [0.25, 0.3) is 0 Å². The van der Waals surface area contributed by atoms with Gasteiger partial charge in [0.05, 0.1) is 5.56 Å². The minimum Gasteiger partial charge on any atom is -0.325 e. The Morgan fingerprint density at radius 1 is 1.19 bits per heavy atom. The van der Waals surface area contributed by atoms with Crippen molar-refractivity contribution in [2.75, 3.05) is 5.32 Å². The Bertz CT molecular complexity index is 527. The van der Waals surface area contributed by atoms with Crippen LogP contribution in [0.2, 0.25) is 0 Å². The average molecular weight is 211 g/mol. The Morgan fingerprint density at radius 2 is 2.06 bits per heavy atom. The summed E-state index contributed by atoms with van der Waals surface area (Å²) in [5, 5.41) is 11.6. The normalized spacial score (nSPS) is 9.50. The molecule has 78 valence electrons. The quantitative estimate of drug-likeness (QED) is 0.819. The lowest BCUT2D eigenvalue weighted by atomic mass is 10.3. The van der Waals surface area contributed by atoms with E-state index in [1.807, 2.05) is 19.1 Å². The predicted octanol–water partition coefficient (Wildman–Crippen LogP) is 1.80. The molecule has 0 radical (unpaired) electrons. The summed E-state index contributed by atoms with van der Waals surface area (Å²) in [5.74, 6) is 1.34. The first-order chi connectivity index (χ1) is 7.78. The first-order valence-electron chi connectivity index (χ1n) is 4.70. The number of rotatable bonds is 2. The van der Waals surface area contributed by atoms with Gasteiger partial charge in [0, 0.05) is 18.0 Å². The van der Waals surface area contributed by atoms with E-state index in [2.05, 4.69) is 20.3 Å². The Morgan fingerprint density at radius 3 is 2.69 bits per heavy atom. The standard InChI is InChI=1S/C11H9N5/c1-8-4-11(15-7-14-8)16-10-3-2-9(5-12)6-13-10/h2-4,6-7H,1H3,(H,13,14,15,16). The Hall–Kier alpha value is -2.48. The van der Waals surface area contributed by atoms with E-state index in [4.69, 9.17) is 5.26 Å². The molecule has 2 aromatic heterocycles. The smallest absolute Gasteiger partial charge is 0.135 e.